The summed E-state index contributed by atoms with van der Waals surface area (Å²) in [5.41, 5.74) is 3.16. The highest BCUT2D eigenvalue weighted by Crippen LogP contribution is 2.43. The van der Waals surface area contributed by atoms with Crippen molar-refractivity contribution in [2.75, 3.05) is 5.32 Å². The SMILES string of the molecule is CC(=N)c1ccc2c(c1)Nc1ccc(Cl)cc1O2. The highest BCUT2D eigenvalue weighted by atomic mass is 35.5. The molecule has 1 heterocycles. The zero-order valence-corrected chi connectivity index (χ0v) is 10.5. The Morgan fingerprint density at radius 1 is 1.11 bits per heavy atom. The fraction of sp³-hybridized carbons (Fsp3) is 0.0714. The second kappa shape index (κ2) is 4.03. The van der Waals surface area contributed by atoms with Gasteiger partial charge in [-0.3, -0.25) is 0 Å². The van der Waals surface area contributed by atoms with E-state index < -0.39 is 0 Å². The van der Waals surface area contributed by atoms with Crippen molar-refractivity contribution in [1.82, 2.24) is 0 Å². The lowest BCUT2D eigenvalue weighted by atomic mass is 10.1. The molecule has 0 saturated carbocycles. The summed E-state index contributed by atoms with van der Waals surface area (Å²) in [5.74, 6) is 1.46. The van der Waals surface area contributed by atoms with E-state index in [1.54, 1.807) is 13.0 Å². The van der Waals surface area contributed by atoms with E-state index in [9.17, 15) is 0 Å². The van der Waals surface area contributed by atoms with E-state index in [0.29, 0.717) is 16.5 Å². The van der Waals surface area contributed by atoms with E-state index in [2.05, 4.69) is 5.32 Å². The minimum absolute atomic E-state index is 0.529. The summed E-state index contributed by atoms with van der Waals surface area (Å²) in [6.07, 6.45) is 0. The van der Waals surface area contributed by atoms with Crippen LogP contribution in [-0.4, -0.2) is 5.71 Å². The number of nitrogens with one attached hydrogen (secondary N) is 2. The number of rotatable bonds is 1. The van der Waals surface area contributed by atoms with Gasteiger partial charge in [0.15, 0.2) is 11.5 Å². The van der Waals surface area contributed by atoms with Crippen molar-refractivity contribution in [3.05, 3.63) is 47.0 Å². The smallest absolute Gasteiger partial charge is 0.152 e. The summed E-state index contributed by atoms with van der Waals surface area (Å²) in [7, 11) is 0. The first-order chi connectivity index (χ1) is 8.63. The Morgan fingerprint density at radius 3 is 2.72 bits per heavy atom. The lowest BCUT2D eigenvalue weighted by Gasteiger charge is -2.22. The quantitative estimate of drug-likeness (QED) is 0.628. The molecule has 90 valence electrons. The highest BCUT2D eigenvalue weighted by molar-refractivity contribution is 6.30. The van der Waals surface area contributed by atoms with Crippen LogP contribution in [0.4, 0.5) is 11.4 Å². The van der Waals surface area contributed by atoms with Gasteiger partial charge in [-0.1, -0.05) is 11.6 Å². The average molecular weight is 259 g/mol. The first-order valence-electron chi connectivity index (χ1n) is 5.57. The molecule has 3 nitrogen and oxygen atoms in total. The van der Waals surface area contributed by atoms with Gasteiger partial charge in [-0.05, 0) is 42.8 Å². The van der Waals surface area contributed by atoms with Crippen LogP contribution in [0.1, 0.15) is 12.5 Å². The topological polar surface area (TPSA) is 45.1 Å². The predicted molar refractivity (Wildman–Crippen MR) is 73.8 cm³/mol. The molecule has 2 aromatic carbocycles. The zero-order valence-electron chi connectivity index (χ0n) is 9.75. The number of benzene rings is 2. The summed E-state index contributed by atoms with van der Waals surface area (Å²) < 4.78 is 5.78. The van der Waals surface area contributed by atoms with Gasteiger partial charge in [0.25, 0.3) is 0 Å². The Bertz CT molecular complexity index is 652. The Balaban J connectivity index is 2.05. The molecule has 2 N–H and O–H groups in total. The molecule has 2 aromatic rings. The monoisotopic (exact) mass is 258 g/mol. The second-order valence-electron chi connectivity index (χ2n) is 4.20. The van der Waals surface area contributed by atoms with E-state index in [-0.39, 0.29) is 0 Å². The largest absolute Gasteiger partial charge is 0.453 e. The van der Waals surface area contributed by atoms with Crippen LogP contribution < -0.4 is 10.1 Å². The molecule has 18 heavy (non-hydrogen) atoms. The number of hydrogen-bond donors (Lipinski definition) is 2. The summed E-state index contributed by atoms with van der Waals surface area (Å²) in [6.45, 7) is 1.76. The van der Waals surface area contributed by atoms with Gasteiger partial charge in [-0.25, -0.2) is 0 Å². The van der Waals surface area contributed by atoms with Gasteiger partial charge in [0.2, 0.25) is 0 Å². The molecule has 0 aromatic heterocycles. The Kier molecular flexibility index (Phi) is 2.49. The van der Waals surface area contributed by atoms with E-state index in [0.717, 1.165) is 22.7 Å². The first kappa shape index (κ1) is 11.1. The molecule has 0 saturated heterocycles. The summed E-state index contributed by atoms with van der Waals surface area (Å²) >= 11 is 5.93. The third-order valence-corrected chi connectivity index (χ3v) is 3.08. The molecule has 0 fully saturated rings. The number of anilines is 2. The molecule has 1 aliphatic rings. The van der Waals surface area contributed by atoms with E-state index in [1.165, 1.54) is 0 Å². The van der Waals surface area contributed by atoms with Crippen LogP contribution in [0.5, 0.6) is 11.5 Å². The summed E-state index contributed by atoms with van der Waals surface area (Å²) in [6, 6.07) is 11.1. The normalized spacial score (nSPS) is 11.9. The van der Waals surface area contributed by atoms with Crippen molar-refractivity contribution in [1.29, 1.82) is 5.41 Å². The van der Waals surface area contributed by atoms with Crippen molar-refractivity contribution >= 4 is 28.7 Å². The highest BCUT2D eigenvalue weighted by Gasteiger charge is 2.17. The molecule has 0 bridgehead atoms. The molecule has 1 aliphatic heterocycles. The molecule has 0 radical (unpaired) electrons. The second-order valence-corrected chi connectivity index (χ2v) is 4.64. The maximum atomic E-state index is 7.64. The molecular formula is C14H11ClN2O. The fourth-order valence-electron chi connectivity index (χ4n) is 1.90. The maximum absolute atomic E-state index is 7.64. The number of ether oxygens (including phenoxy) is 1. The minimum atomic E-state index is 0.529. The van der Waals surface area contributed by atoms with Crippen LogP contribution in [0.3, 0.4) is 0 Å². The molecule has 4 heteroatoms. The van der Waals surface area contributed by atoms with Crippen LogP contribution >= 0.6 is 11.6 Å². The van der Waals surface area contributed by atoms with Crippen LogP contribution in [0.15, 0.2) is 36.4 Å². The minimum Gasteiger partial charge on any atom is -0.453 e. The van der Waals surface area contributed by atoms with Crippen LogP contribution in [0.2, 0.25) is 5.02 Å². The van der Waals surface area contributed by atoms with Crippen molar-refractivity contribution in [3.63, 3.8) is 0 Å². The Labute approximate surface area is 110 Å². The third kappa shape index (κ3) is 1.83. The fourth-order valence-corrected chi connectivity index (χ4v) is 2.06. The standard InChI is InChI=1S/C14H11ClN2O/c1-8(16)9-2-5-13-12(6-9)17-11-4-3-10(15)7-14(11)18-13/h2-7,16-17H,1H3. The maximum Gasteiger partial charge on any atom is 0.152 e. The molecule has 0 atom stereocenters. The van der Waals surface area contributed by atoms with E-state index >= 15 is 0 Å². The van der Waals surface area contributed by atoms with Gasteiger partial charge in [-0.2, -0.15) is 0 Å². The van der Waals surface area contributed by atoms with Gasteiger partial charge in [-0.15, -0.1) is 0 Å². The van der Waals surface area contributed by atoms with Gasteiger partial charge in [0.1, 0.15) is 0 Å². The average Bonchev–Trinajstić information content (AvgIpc) is 2.35. The summed E-state index contributed by atoms with van der Waals surface area (Å²) in [5, 5.41) is 11.6. The third-order valence-electron chi connectivity index (χ3n) is 2.85. The predicted octanol–water partition coefficient (Wildman–Crippen LogP) is 4.58. The summed E-state index contributed by atoms with van der Waals surface area (Å²) in [4.78, 5) is 0. The van der Waals surface area contributed by atoms with Crippen molar-refractivity contribution < 1.29 is 4.74 Å². The van der Waals surface area contributed by atoms with E-state index in [4.69, 9.17) is 21.7 Å². The lowest BCUT2D eigenvalue weighted by molar-refractivity contribution is 0.481. The van der Waals surface area contributed by atoms with Gasteiger partial charge < -0.3 is 15.5 Å². The Hall–Kier alpha value is -2.00. The van der Waals surface area contributed by atoms with Crippen molar-refractivity contribution in [2.45, 2.75) is 6.92 Å². The van der Waals surface area contributed by atoms with Crippen LogP contribution in [0.25, 0.3) is 0 Å². The molecule has 0 spiro atoms. The molecule has 0 amide bonds. The zero-order chi connectivity index (χ0) is 12.7. The number of hydrogen-bond acceptors (Lipinski definition) is 3. The first-order valence-corrected chi connectivity index (χ1v) is 5.95. The van der Waals surface area contributed by atoms with Crippen LogP contribution in [-0.2, 0) is 0 Å². The lowest BCUT2D eigenvalue weighted by Crippen LogP contribution is -2.04. The van der Waals surface area contributed by atoms with Gasteiger partial charge in [0, 0.05) is 16.8 Å². The molecular weight excluding hydrogens is 248 g/mol. The van der Waals surface area contributed by atoms with Crippen molar-refractivity contribution in [2.24, 2.45) is 0 Å². The van der Waals surface area contributed by atoms with Crippen molar-refractivity contribution in [3.8, 4) is 11.5 Å². The van der Waals surface area contributed by atoms with Gasteiger partial charge in [0.05, 0.1) is 11.4 Å². The van der Waals surface area contributed by atoms with Gasteiger partial charge >= 0.3 is 0 Å². The number of halogens is 1. The molecule has 3 rings (SSSR count). The van der Waals surface area contributed by atoms with E-state index in [1.807, 2.05) is 30.3 Å². The van der Waals surface area contributed by atoms with Crippen LogP contribution in [0, 0.1) is 5.41 Å². The molecule has 0 unspecified atom stereocenters. The molecule has 0 aliphatic carbocycles. The Morgan fingerprint density at radius 2 is 1.94 bits per heavy atom. The number of fused-ring (bicyclic) bond motifs is 2.